The van der Waals surface area contributed by atoms with E-state index in [4.69, 9.17) is 14.1 Å². The van der Waals surface area contributed by atoms with Gasteiger partial charge in [0.2, 0.25) is 0 Å². The quantitative estimate of drug-likeness (QED) is 0.437. The number of furan rings is 1. The molecule has 0 aromatic carbocycles. The lowest BCUT2D eigenvalue weighted by molar-refractivity contribution is 0.0443. The van der Waals surface area contributed by atoms with Gasteiger partial charge in [0.05, 0.1) is 19.4 Å². The summed E-state index contributed by atoms with van der Waals surface area (Å²) in [6, 6.07) is 4.84. The van der Waals surface area contributed by atoms with E-state index in [1.165, 1.54) is 0 Å². The van der Waals surface area contributed by atoms with Crippen molar-refractivity contribution in [2.75, 3.05) is 46.4 Å². The Bertz CT molecular complexity index is 558. The average Bonchev–Trinajstić information content (AvgIpc) is 3.10. The number of nitrogens with zero attached hydrogens (tertiary/aromatic N) is 3. The van der Waals surface area contributed by atoms with Crippen molar-refractivity contribution in [3.63, 3.8) is 0 Å². The summed E-state index contributed by atoms with van der Waals surface area (Å²) in [5, 5.41) is 3.51. The standard InChI is InChI=1S/C20H34N4O2/c1-16(2)13-22-20(21-9-8-19-7-6-11-26-19)23-14-17(3)24(10-12-25-5)18(4)15-23/h6-7,11,17-18H,1,8-10,12-15H2,2-5H3,(H,21,22). The Morgan fingerprint density at radius 1 is 1.38 bits per heavy atom. The lowest BCUT2D eigenvalue weighted by Crippen LogP contribution is -2.60. The van der Waals surface area contributed by atoms with Gasteiger partial charge < -0.3 is 19.4 Å². The Kier molecular flexibility index (Phi) is 8.19. The van der Waals surface area contributed by atoms with Crippen LogP contribution in [0.3, 0.4) is 0 Å². The van der Waals surface area contributed by atoms with Gasteiger partial charge in [0.1, 0.15) is 5.76 Å². The molecule has 146 valence electrons. The third-order valence-corrected chi connectivity index (χ3v) is 4.69. The maximum absolute atomic E-state index is 5.42. The van der Waals surface area contributed by atoms with Crippen molar-refractivity contribution >= 4 is 5.96 Å². The van der Waals surface area contributed by atoms with E-state index in [1.54, 1.807) is 13.4 Å². The van der Waals surface area contributed by atoms with Crippen LogP contribution in [0.4, 0.5) is 0 Å². The highest BCUT2D eigenvalue weighted by Gasteiger charge is 2.30. The zero-order valence-electron chi connectivity index (χ0n) is 16.7. The Hall–Kier alpha value is -1.79. The maximum Gasteiger partial charge on any atom is 0.194 e. The summed E-state index contributed by atoms with van der Waals surface area (Å²) in [4.78, 5) is 9.66. The van der Waals surface area contributed by atoms with Crippen LogP contribution < -0.4 is 5.32 Å². The first-order chi connectivity index (χ1) is 12.5. The van der Waals surface area contributed by atoms with Crippen LogP contribution in [-0.2, 0) is 11.2 Å². The highest BCUT2D eigenvalue weighted by atomic mass is 16.5. The van der Waals surface area contributed by atoms with Crippen molar-refractivity contribution in [3.05, 3.63) is 36.3 Å². The second kappa shape index (κ2) is 10.4. The molecule has 6 nitrogen and oxygen atoms in total. The SMILES string of the molecule is C=C(C)CN=C(NCCc1ccco1)N1CC(C)N(CCOC)C(C)C1. The molecular weight excluding hydrogens is 328 g/mol. The fraction of sp³-hybridized carbons (Fsp3) is 0.650. The summed E-state index contributed by atoms with van der Waals surface area (Å²) < 4.78 is 10.7. The summed E-state index contributed by atoms with van der Waals surface area (Å²) in [7, 11) is 1.76. The number of nitrogens with one attached hydrogen (secondary N) is 1. The normalized spacial score (nSPS) is 21.8. The van der Waals surface area contributed by atoms with Crippen molar-refractivity contribution in [1.82, 2.24) is 15.1 Å². The molecule has 6 heteroatoms. The van der Waals surface area contributed by atoms with E-state index < -0.39 is 0 Å². The predicted octanol–water partition coefficient (Wildman–Crippen LogP) is 2.38. The van der Waals surface area contributed by atoms with E-state index in [0.29, 0.717) is 18.6 Å². The van der Waals surface area contributed by atoms with Crippen LogP contribution in [0, 0.1) is 0 Å². The zero-order valence-corrected chi connectivity index (χ0v) is 16.7. The van der Waals surface area contributed by atoms with E-state index in [-0.39, 0.29) is 0 Å². The minimum Gasteiger partial charge on any atom is -0.469 e. The second-order valence-corrected chi connectivity index (χ2v) is 7.19. The van der Waals surface area contributed by atoms with Crippen LogP contribution in [-0.4, -0.2) is 74.3 Å². The summed E-state index contributed by atoms with van der Waals surface area (Å²) >= 11 is 0. The molecule has 26 heavy (non-hydrogen) atoms. The topological polar surface area (TPSA) is 53.2 Å². The Balaban J connectivity index is 1.97. The Morgan fingerprint density at radius 3 is 2.69 bits per heavy atom. The molecular formula is C20H34N4O2. The van der Waals surface area contributed by atoms with Crippen LogP contribution in [0.2, 0.25) is 0 Å². The molecule has 2 atom stereocenters. The van der Waals surface area contributed by atoms with Gasteiger partial charge in [-0.25, -0.2) is 4.99 Å². The highest BCUT2D eigenvalue weighted by Crippen LogP contribution is 2.16. The predicted molar refractivity (Wildman–Crippen MR) is 107 cm³/mol. The molecule has 0 radical (unpaired) electrons. The minimum atomic E-state index is 0.454. The first kappa shape index (κ1) is 20.5. The average molecular weight is 363 g/mol. The fourth-order valence-electron chi connectivity index (χ4n) is 3.40. The number of piperazine rings is 1. The third kappa shape index (κ3) is 6.18. The Labute approximate surface area is 157 Å². The van der Waals surface area contributed by atoms with Gasteiger partial charge in [-0.1, -0.05) is 12.2 Å². The molecule has 1 fully saturated rings. The van der Waals surface area contributed by atoms with E-state index in [9.17, 15) is 0 Å². The molecule has 0 spiro atoms. The number of ether oxygens (including phenoxy) is 1. The maximum atomic E-state index is 5.42. The van der Waals surface area contributed by atoms with Crippen LogP contribution in [0.25, 0.3) is 0 Å². The van der Waals surface area contributed by atoms with Gasteiger partial charge in [0, 0.05) is 51.8 Å². The second-order valence-electron chi connectivity index (χ2n) is 7.19. The van der Waals surface area contributed by atoms with Crippen molar-refractivity contribution < 1.29 is 9.15 Å². The van der Waals surface area contributed by atoms with Crippen molar-refractivity contribution in [1.29, 1.82) is 0 Å². The monoisotopic (exact) mass is 362 g/mol. The first-order valence-electron chi connectivity index (χ1n) is 9.46. The lowest BCUT2D eigenvalue weighted by Gasteiger charge is -2.45. The van der Waals surface area contributed by atoms with E-state index in [0.717, 1.165) is 56.5 Å². The highest BCUT2D eigenvalue weighted by molar-refractivity contribution is 5.80. The fourth-order valence-corrected chi connectivity index (χ4v) is 3.40. The first-order valence-corrected chi connectivity index (χ1v) is 9.46. The molecule has 0 aliphatic carbocycles. The molecule has 1 aromatic rings. The molecule has 0 bridgehead atoms. The minimum absolute atomic E-state index is 0.454. The smallest absolute Gasteiger partial charge is 0.194 e. The lowest BCUT2D eigenvalue weighted by atomic mass is 10.1. The van der Waals surface area contributed by atoms with Gasteiger partial charge >= 0.3 is 0 Å². The molecule has 1 aromatic heterocycles. The summed E-state index contributed by atoms with van der Waals surface area (Å²) in [5.41, 5.74) is 1.06. The van der Waals surface area contributed by atoms with E-state index >= 15 is 0 Å². The van der Waals surface area contributed by atoms with Gasteiger partial charge in [-0.3, -0.25) is 4.90 Å². The molecule has 1 aliphatic rings. The Morgan fingerprint density at radius 2 is 2.12 bits per heavy atom. The molecule has 2 heterocycles. The number of hydrogen-bond donors (Lipinski definition) is 1. The molecule has 2 unspecified atom stereocenters. The summed E-state index contributed by atoms with van der Waals surface area (Å²) in [5.74, 6) is 1.95. The number of guanidine groups is 1. The van der Waals surface area contributed by atoms with Crippen LogP contribution in [0.1, 0.15) is 26.5 Å². The van der Waals surface area contributed by atoms with Gasteiger partial charge in [-0.2, -0.15) is 0 Å². The van der Waals surface area contributed by atoms with Crippen molar-refractivity contribution in [2.45, 2.75) is 39.3 Å². The van der Waals surface area contributed by atoms with Crippen molar-refractivity contribution in [3.8, 4) is 0 Å². The molecule has 2 rings (SSSR count). The largest absolute Gasteiger partial charge is 0.469 e. The molecule has 1 saturated heterocycles. The van der Waals surface area contributed by atoms with Crippen LogP contribution in [0.5, 0.6) is 0 Å². The number of methoxy groups -OCH3 is 1. The van der Waals surface area contributed by atoms with Crippen LogP contribution in [0.15, 0.2) is 40.0 Å². The third-order valence-electron chi connectivity index (χ3n) is 4.69. The number of rotatable bonds is 8. The van der Waals surface area contributed by atoms with Crippen molar-refractivity contribution in [2.24, 2.45) is 4.99 Å². The van der Waals surface area contributed by atoms with Gasteiger partial charge in [0.15, 0.2) is 5.96 Å². The molecule has 1 aliphatic heterocycles. The summed E-state index contributed by atoms with van der Waals surface area (Å²) in [6.45, 7) is 15.6. The van der Waals surface area contributed by atoms with Gasteiger partial charge in [0.25, 0.3) is 0 Å². The van der Waals surface area contributed by atoms with Crippen LogP contribution >= 0.6 is 0 Å². The van der Waals surface area contributed by atoms with Gasteiger partial charge in [-0.05, 0) is 32.9 Å². The number of hydrogen-bond acceptors (Lipinski definition) is 4. The zero-order chi connectivity index (χ0) is 18.9. The number of aliphatic imine (C=N–C) groups is 1. The van der Waals surface area contributed by atoms with E-state index in [2.05, 4.69) is 35.5 Å². The molecule has 1 N–H and O–H groups in total. The molecule has 0 saturated carbocycles. The van der Waals surface area contributed by atoms with Gasteiger partial charge in [-0.15, -0.1) is 0 Å². The van der Waals surface area contributed by atoms with E-state index in [1.807, 2.05) is 19.1 Å². The summed E-state index contributed by atoms with van der Waals surface area (Å²) in [6.07, 6.45) is 2.56. The molecule has 0 amide bonds.